The fourth-order valence-electron chi connectivity index (χ4n) is 0.270. The predicted octanol–water partition coefficient (Wildman–Crippen LogP) is -1.20. The average Bonchev–Trinajstić information content (AvgIpc) is 2.15. The Morgan fingerprint density at radius 1 is 1.21 bits per heavy atom. The molecule has 2 atom stereocenters. The zero-order valence-corrected chi connectivity index (χ0v) is 7.41. The van der Waals surface area contributed by atoms with E-state index < -0.39 is 24.1 Å². The lowest BCUT2D eigenvalue weighted by Gasteiger charge is -2.07. The number of aliphatic hydroxyl groups excluding tert-OH is 2. The Morgan fingerprint density at radius 3 is 1.50 bits per heavy atom. The number of hydrogen-bond acceptors (Lipinski definition) is 5. The van der Waals surface area contributed by atoms with E-state index >= 15 is 0 Å². The molecule has 0 spiro atoms. The number of aliphatic hydroxyl groups is 2. The minimum Gasteiger partial charge on any atom is -0.479 e. The van der Waals surface area contributed by atoms with Gasteiger partial charge >= 0.3 is 11.9 Å². The van der Waals surface area contributed by atoms with Crippen molar-refractivity contribution in [3.8, 4) is 6.07 Å². The Balaban J connectivity index is 0. The maximum absolute atomic E-state index is 9.77. The van der Waals surface area contributed by atoms with E-state index in [0.717, 1.165) is 0 Å². The van der Waals surface area contributed by atoms with Crippen molar-refractivity contribution < 1.29 is 30.0 Å². The van der Waals surface area contributed by atoms with E-state index in [9.17, 15) is 9.59 Å². The van der Waals surface area contributed by atoms with Gasteiger partial charge in [-0.05, 0) is 0 Å². The molecule has 2 unspecified atom stereocenters. The molecule has 14 heavy (non-hydrogen) atoms. The number of nitrogens with zero attached hydrogens (tertiary/aromatic N) is 1. The first-order valence-electron chi connectivity index (χ1n) is 3.57. The third-order valence-electron chi connectivity index (χ3n) is 0.963. The van der Waals surface area contributed by atoms with E-state index in [2.05, 4.69) is 0 Å². The second-order valence-electron chi connectivity index (χ2n) is 2.08. The second-order valence-corrected chi connectivity index (χ2v) is 2.08. The van der Waals surface area contributed by atoms with Crippen molar-refractivity contribution >= 4 is 11.9 Å². The minimum atomic E-state index is -2.27. The number of carbonyl (C=O) groups is 2. The highest BCUT2D eigenvalue weighted by atomic mass is 16.4. The summed E-state index contributed by atoms with van der Waals surface area (Å²) in [5.41, 5.74) is 0. The fourth-order valence-corrected chi connectivity index (χ4v) is 0.270. The summed E-state index contributed by atoms with van der Waals surface area (Å²) in [5, 5.41) is 40.2. The molecule has 0 aliphatic heterocycles. The first-order chi connectivity index (χ1) is 6.38. The largest absolute Gasteiger partial charge is 0.479 e. The van der Waals surface area contributed by atoms with Gasteiger partial charge in [-0.3, -0.25) is 0 Å². The molecule has 0 aromatic rings. The molecule has 7 heteroatoms. The number of nitriles is 1. The van der Waals surface area contributed by atoms with E-state index in [4.69, 9.17) is 25.7 Å². The monoisotopic (exact) mass is 205 g/mol. The standard InChI is InChI=1S/C4H6O6.C3H5N/c5-1(3(7)8)2(6)4(9)10;1-2-3-4/h1-2,5-6H,(H,7,8)(H,9,10);2H2,1H3. The molecule has 0 heterocycles. The minimum absolute atomic E-state index is 0.625. The van der Waals surface area contributed by atoms with Crippen LogP contribution in [0.3, 0.4) is 0 Å². The zero-order chi connectivity index (χ0) is 11.7. The molecule has 0 bridgehead atoms. The summed E-state index contributed by atoms with van der Waals surface area (Å²) >= 11 is 0. The third-order valence-corrected chi connectivity index (χ3v) is 0.963. The van der Waals surface area contributed by atoms with Crippen LogP contribution in [0.4, 0.5) is 0 Å². The lowest BCUT2D eigenvalue weighted by Crippen LogP contribution is -2.39. The first-order valence-corrected chi connectivity index (χ1v) is 3.57. The maximum atomic E-state index is 9.77. The van der Waals surface area contributed by atoms with Crippen LogP contribution in [0.5, 0.6) is 0 Å². The van der Waals surface area contributed by atoms with Gasteiger partial charge in [-0.15, -0.1) is 0 Å². The van der Waals surface area contributed by atoms with Gasteiger partial charge in [0.2, 0.25) is 0 Å². The Kier molecular flexibility index (Phi) is 8.46. The van der Waals surface area contributed by atoms with Crippen LogP contribution in [0.15, 0.2) is 0 Å². The summed E-state index contributed by atoms with van der Waals surface area (Å²) in [5.74, 6) is -3.54. The molecule has 0 rings (SSSR count). The molecule has 4 N–H and O–H groups in total. The molecular weight excluding hydrogens is 194 g/mol. The molecule has 0 radical (unpaired) electrons. The van der Waals surface area contributed by atoms with Crippen molar-refractivity contribution in [1.82, 2.24) is 0 Å². The highest BCUT2D eigenvalue weighted by molar-refractivity contribution is 5.82. The van der Waals surface area contributed by atoms with E-state index in [1.807, 2.05) is 13.0 Å². The summed E-state index contributed by atoms with van der Waals surface area (Å²) in [4.78, 5) is 19.5. The van der Waals surface area contributed by atoms with Gasteiger partial charge in [0.25, 0.3) is 0 Å². The van der Waals surface area contributed by atoms with Gasteiger partial charge in [0.05, 0.1) is 6.07 Å². The predicted molar refractivity (Wildman–Crippen MR) is 43.2 cm³/mol. The summed E-state index contributed by atoms with van der Waals surface area (Å²) < 4.78 is 0. The zero-order valence-electron chi connectivity index (χ0n) is 7.41. The van der Waals surface area contributed by atoms with Gasteiger partial charge in [0, 0.05) is 6.42 Å². The van der Waals surface area contributed by atoms with Crippen molar-refractivity contribution in [3.05, 3.63) is 0 Å². The average molecular weight is 205 g/mol. The normalized spacial score (nSPS) is 12.7. The number of carboxylic acids is 2. The van der Waals surface area contributed by atoms with Crippen LogP contribution in [0.25, 0.3) is 0 Å². The van der Waals surface area contributed by atoms with Gasteiger partial charge in [-0.25, -0.2) is 9.59 Å². The lowest BCUT2D eigenvalue weighted by atomic mass is 10.2. The third kappa shape index (κ3) is 7.02. The molecule has 0 amide bonds. The van der Waals surface area contributed by atoms with Crippen LogP contribution in [0, 0.1) is 11.3 Å². The van der Waals surface area contributed by atoms with Crippen molar-refractivity contribution in [3.63, 3.8) is 0 Å². The van der Waals surface area contributed by atoms with E-state index in [1.54, 1.807) is 0 Å². The van der Waals surface area contributed by atoms with Gasteiger partial charge < -0.3 is 20.4 Å². The van der Waals surface area contributed by atoms with E-state index in [-0.39, 0.29) is 0 Å². The van der Waals surface area contributed by atoms with Crippen LogP contribution in [0.2, 0.25) is 0 Å². The molecule has 0 saturated carbocycles. The van der Waals surface area contributed by atoms with Crippen LogP contribution < -0.4 is 0 Å². The molecule has 0 aliphatic rings. The SMILES string of the molecule is CCC#N.O=C(O)C(O)C(O)C(=O)O. The molecule has 0 fully saturated rings. The smallest absolute Gasteiger partial charge is 0.335 e. The summed E-state index contributed by atoms with van der Waals surface area (Å²) in [7, 11) is 0. The summed E-state index contributed by atoms with van der Waals surface area (Å²) in [6.45, 7) is 1.82. The van der Waals surface area contributed by atoms with Crippen LogP contribution in [0.1, 0.15) is 13.3 Å². The van der Waals surface area contributed by atoms with E-state index in [1.165, 1.54) is 0 Å². The fraction of sp³-hybridized carbons (Fsp3) is 0.571. The van der Waals surface area contributed by atoms with Gasteiger partial charge in [0.1, 0.15) is 0 Å². The van der Waals surface area contributed by atoms with Gasteiger partial charge in [-0.2, -0.15) is 5.26 Å². The molecule has 0 aliphatic carbocycles. The van der Waals surface area contributed by atoms with Crippen LogP contribution in [-0.4, -0.2) is 44.6 Å². The molecular formula is C7H11NO6. The Morgan fingerprint density at radius 2 is 1.43 bits per heavy atom. The molecule has 0 aromatic heterocycles. The van der Waals surface area contributed by atoms with Gasteiger partial charge in [-0.1, -0.05) is 6.92 Å². The molecule has 80 valence electrons. The van der Waals surface area contributed by atoms with Crippen molar-refractivity contribution in [1.29, 1.82) is 5.26 Å². The first kappa shape index (κ1) is 14.9. The Hall–Kier alpha value is -1.65. The van der Waals surface area contributed by atoms with Crippen LogP contribution in [-0.2, 0) is 9.59 Å². The van der Waals surface area contributed by atoms with Crippen molar-refractivity contribution in [2.24, 2.45) is 0 Å². The molecule has 0 saturated heterocycles. The maximum Gasteiger partial charge on any atom is 0.335 e. The highest BCUT2D eigenvalue weighted by Crippen LogP contribution is 1.92. The lowest BCUT2D eigenvalue weighted by molar-refractivity contribution is -0.165. The van der Waals surface area contributed by atoms with Crippen molar-refractivity contribution in [2.45, 2.75) is 25.6 Å². The molecule has 0 aromatic carbocycles. The Bertz CT molecular complexity index is 215. The number of aliphatic carboxylic acids is 2. The van der Waals surface area contributed by atoms with Crippen molar-refractivity contribution in [2.75, 3.05) is 0 Å². The number of carboxylic acid groups (broad SMARTS) is 2. The van der Waals surface area contributed by atoms with Gasteiger partial charge in [0.15, 0.2) is 12.2 Å². The summed E-state index contributed by atoms with van der Waals surface area (Å²) in [6, 6.07) is 1.93. The molecule has 7 nitrogen and oxygen atoms in total. The summed E-state index contributed by atoms with van der Waals surface area (Å²) in [6.07, 6.45) is -3.91. The highest BCUT2D eigenvalue weighted by Gasteiger charge is 2.29. The second kappa shape index (κ2) is 7.97. The topological polar surface area (TPSA) is 139 Å². The number of hydrogen-bond donors (Lipinski definition) is 4. The Labute approximate surface area is 79.8 Å². The number of rotatable bonds is 3. The van der Waals surface area contributed by atoms with E-state index in [0.29, 0.717) is 6.42 Å². The quantitative estimate of drug-likeness (QED) is 0.453. The van der Waals surface area contributed by atoms with Crippen LogP contribution >= 0.6 is 0 Å².